The van der Waals surface area contributed by atoms with Crippen LogP contribution in [0.1, 0.15) is 40.0 Å². The van der Waals surface area contributed by atoms with E-state index < -0.39 is 0 Å². The predicted molar refractivity (Wildman–Crippen MR) is 116 cm³/mol. The Morgan fingerprint density at radius 1 is 1.37 bits per heavy atom. The fourth-order valence-electron chi connectivity index (χ4n) is 2.41. The van der Waals surface area contributed by atoms with E-state index in [9.17, 15) is 4.79 Å². The molecule has 2 aromatic heterocycles. The van der Waals surface area contributed by atoms with Crippen molar-refractivity contribution in [3.8, 4) is 0 Å². The Morgan fingerprint density at radius 3 is 2.89 bits per heavy atom. The van der Waals surface area contributed by atoms with E-state index in [1.807, 2.05) is 4.68 Å². The van der Waals surface area contributed by atoms with Crippen LogP contribution in [0.4, 0.5) is 5.82 Å². The number of hydrogen-bond acceptors (Lipinski definition) is 6. The summed E-state index contributed by atoms with van der Waals surface area (Å²) in [5, 5.41) is 13.4. The summed E-state index contributed by atoms with van der Waals surface area (Å²) in [5.74, 6) is 2.40. The van der Waals surface area contributed by atoms with Gasteiger partial charge in [0.15, 0.2) is 10.8 Å². The molecule has 0 fully saturated rings. The number of carbonyl (C=O) groups excluding carboxylic acids is 1. The number of alkyl halides is 1. The molecular weight excluding hydrogens is 428 g/mol. The minimum atomic E-state index is 0.0685. The van der Waals surface area contributed by atoms with Gasteiger partial charge in [-0.1, -0.05) is 48.5 Å². The van der Waals surface area contributed by atoms with Gasteiger partial charge in [0, 0.05) is 30.6 Å². The highest BCUT2D eigenvalue weighted by Crippen LogP contribution is 2.25. The van der Waals surface area contributed by atoms with E-state index in [0.29, 0.717) is 25.4 Å². The number of amides is 1. The van der Waals surface area contributed by atoms with Gasteiger partial charge in [0.2, 0.25) is 5.91 Å². The molecule has 0 aliphatic carbocycles. The third-order valence-corrected chi connectivity index (χ3v) is 5.39. The number of hydrogen-bond donors (Lipinski definition) is 2. The first-order valence-electron chi connectivity index (χ1n) is 9.48. The van der Waals surface area contributed by atoms with Crippen LogP contribution in [0.25, 0.3) is 11.0 Å². The molecule has 0 saturated heterocycles. The zero-order valence-electron chi connectivity index (χ0n) is 16.3. The second-order valence-corrected chi connectivity index (χ2v) is 8.58. The molecule has 0 bridgehead atoms. The Hall–Kier alpha value is -1.35. The molecule has 2 N–H and O–H groups in total. The maximum absolute atomic E-state index is 11.8. The number of thioether (sulfide) groups is 1. The van der Waals surface area contributed by atoms with Crippen LogP contribution < -0.4 is 10.6 Å². The molecule has 150 valence electrons. The highest BCUT2D eigenvalue weighted by Gasteiger charge is 2.14. The molecule has 2 aromatic rings. The zero-order valence-corrected chi connectivity index (χ0v) is 18.7. The lowest BCUT2D eigenvalue weighted by atomic mass is 10.2. The molecule has 27 heavy (non-hydrogen) atoms. The van der Waals surface area contributed by atoms with Crippen LogP contribution >= 0.6 is 27.7 Å². The largest absolute Gasteiger partial charge is 0.369 e. The van der Waals surface area contributed by atoms with Crippen LogP contribution in [0.3, 0.4) is 0 Å². The Morgan fingerprint density at radius 2 is 2.19 bits per heavy atom. The molecule has 0 aliphatic rings. The predicted octanol–water partition coefficient (Wildman–Crippen LogP) is 3.69. The van der Waals surface area contributed by atoms with Crippen LogP contribution in [-0.4, -0.2) is 49.8 Å². The van der Waals surface area contributed by atoms with Crippen LogP contribution in [0.5, 0.6) is 0 Å². The van der Waals surface area contributed by atoms with Crippen molar-refractivity contribution in [2.75, 3.05) is 29.5 Å². The van der Waals surface area contributed by atoms with Crippen LogP contribution in [0.15, 0.2) is 11.4 Å². The van der Waals surface area contributed by atoms with Gasteiger partial charge in [-0.2, -0.15) is 5.10 Å². The molecule has 2 heterocycles. The summed E-state index contributed by atoms with van der Waals surface area (Å²) in [6.07, 6.45) is 4.25. The van der Waals surface area contributed by atoms with Crippen molar-refractivity contribution in [3.63, 3.8) is 0 Å². The van der Waals surface area contributed by atoms with Crippen LogP contribution in [0.2, 0.25) is 0 Å². The zero-order chi connectivity index (χ0) is 19.6. The Bertz CT molecular complexity index is 736. The van der Waals surface area contributed by atoms with Crippen molar-refractivity contribution in [2.24, 2.45) is 5.92 Å². The Kier molecular flexibility index (Phi) is 9.33. The average molecular weight is 457 g/mol. The molecule has 9 heteroatoms. The van der Waals surface area contributed by atoms with E-state index in [0.717, 1.165) is 52.5 Å². The molecule has 0 aliphatic heterocycles. The maximum atomic E-state index is 11.8. The standard InChI is InChI=1S/C18H29BrN6OS/c1-4-10-27-18-23-16(21-11-13(2)3)14-12-22-25(17(14)24-18)9-8-20-15(26)6-5-7-19/h12-13H,4-11H2,1-3H3,(H,20,26)(H,21,23,24). The van der Waals surface area contributed by atoms with E-state index in [1.54, 1.807) is 18.0 Å². The molecule has 2 rings (SSSR count). The highest BCUT2D eigenvalue weighted by molar-refractivity contribution is 9.09. The van der Waals surface area contributed by atoms with Crippen molar-refractivity contribution in [1.29, 1.82) is 0 Å². The molecule has 7 nitrogen and oxygen atoms in total. The Balaban J connectivity index is 2.14. The summed E-state index contributed by atoms with van der Waals surface area (Å²) < 4.78 is 1.85. The number of rotatable bonds is 12. The topological polar surface area (TPSA) is 84.7 Å². The van der Waals surface area contributed by atoms with Gasteiger partial charge < -0.3 is 10.6 Å². The molecule has 1 amide bonds. The van der Waals surface area contributed by atoms with Gasteiger partial charge in [0.05, 0.1) is 18.1 Å². The number of nitrogens with one attached hydrogen (secondary N) is 2. The molecule has 0 atom stereocenters. The van der Waals surface area contributed by atoms with Crippen molar-refractivity contribution in [3.05, 3.63) is 6.20 Å². The summed E-state index contributed by atoms with van der Waals surface area (Å²) in [5.41, 5.74) is 0.810. The van der Waals surface area contributed by atoms with Crippen molar-refractivity contribution in [1.82, 2.24) is 25.1 Å². The fraction of sp³-hybridized carbons (Fsp3) is 0.667. The molecule has 0 unspecified atom stereocenters. The SMILES string of the molecule is CCCSc1nc(NCC(C)C)c2cnn(CCNC(=O)CCCBr)c2n1. The number of nitrogens with zero attached hydrogens (tertiary/aromatic N) is 4. The van der Waals surface area contributed by atoms with Crippen molar-refractivity contribution in [2.45, 2.75) is 51.7 Å². The first-order valence-corrected chi connectivity index (χ1v) is 11.6. The second kappa shape index (κ2) is 11.5. The smallest absolute Gasteiger partial charge is 0.220 e. The van der Waals surface area contributed by atoms with Gasteiger partial charge in [-0.25, -0.2) is 14.6 Å². The number of carbonyl (C=O) groups is 1. The van der Waals surface area contributed by atoms with Gasteiger partial charge in [-0.15, -0.1) is 0 Å². The highest BCUT2D eigenvalue weighted by atomic mass is 79.9. The molecule has 0 radical (unpaired) electrons. The van der Waals surface area contributed by atoms with E-state index in [2.05, 4.69) is 57.4 Å². The summed E-state index contributed by atoms with van der Waals surface area (Å²) in [4.78, 5) is 21.1. The molecule has 0 aromatic carbocycles. The van der Waals surface area contributed by atoms with Gasteiger partial charge in [0.25, 0.3) is 0 Å². The van der Waals surface area contributed by atoms with Gasteiger partial charge in [-0.05, 0) is 18.8 Å². The summed E-state index contributed by atoms with van der Waals surface area (Å²) in [6.45, 7) is 8.45. The quantitative estimate of drug-likeness (QED) is 0.287. The normalized spacial score (nSPS) is 11.3. The minimum Gasteiger partial charge on any atom is -0.369 e. The summed E-state index contributed by atoms with van der Waals surface area (Å²) in [6, 6.07) is 0. The van der Waals surface area contributed by atoms with Crippen molar-refractivity contribution >= 4 is 50.5 Å². The first-order chi connectivity index (χ1) is 13.0. The summed E-state index contributed by atoms with van der Waals surface area (Å²) in [7, 11) is 0. The molecular formula is C18H29BrN6OS. The average Bonchev–Trinajstić information content (AvgIpc) is 3.05. The van der Waals surface area contributed by atoms with E-state index in [1.165, 1.54) is 0 Å². The summed E-state index contributed by atoms with van der Waals surface area (Å²) >= 11 is 5.00. The molecule has 0 spiro atoms. The van der Waals surface area contributed by atoms with Gasteiger partial charge in [0.1, 0.15) is 5.82 Å². The van der Waals surface area contributed by atoms with Crippen LogP contribution in [-0.2, 0) is 11.3 Å². The lowest BCUT2D eigenvalue weighted by Gasteiger charge is -2.11. The minimum absolute atomic E-state index is 0.0685. The number of anilines is 1. The third kappa shape index (κ3) is 6.95. The van der Waals surface area contributed by atoms with E-state index in [4.69, 9.17) is 4.98 Å². The lowest BCUT2D eigenvalue weighted by molar-refractivity contribution is -0.121. The first kappa shape index (κ1) is 21.9. The monoisotopic (exact) mass is 456 g/mol. The van der Waals surface area contributed by atoms with E-state index >= 15 is 0 Å². The molecule has 0 saturated carbocycles. The number of halogens is 1. The Labute approximate surface area is 173 Å². The second-order valence-electron chi connectivity index (χ2n) is 6.73. The van der Waals surface area contributed by atoms with Crippen molar-refractivity contribution < 1.29 is 4.79 Å². The fourth-order valence-corrected chi connectivity index (χ4v) is 3.38. The van der Waals surface area contributed by atoms with Gasteiger partial charge in [-0.3, -0.25) is 4.79 Å². The maximum Gasteiger partial charge on any atom is 0.220 e. The number of aromatic nitrogens is 4. The van der Waals surface area contributed by atoms with E-state index in [-0.39, 0.29) is 5.91 Å². The number of fused-ring (bicyclic) bond motifs is 1. The van der Waals surface area contributed by atoms with Gasteiger partial charge >= 0.3 is 0 Å². The third-order valence-electron chi connectivity index (χ3n) is 3.77. The van der Waals surface area contributed by atoms with Crippen LogP contribution in [0, 0.1) is 5.92 Å². The lowest BCUT2D eigenvalue weighted by Crippen LogP contribution is -2.27.